The molecule has 0 fully saturated rings. The minimum absolute atomic E-state index is 0.0762. The van der Waals surface area contributed by atoms with Crippen molar-refractivity contribution in [1.82, 2.24) is 0 Å². The number of methoxy groups -OCH3 is 1. The number of nitrogens with one attached hydrogen (secondary N) is 1. The first-order valence-corrected chi connectivity index (χ1v) is 6.26. The third-order valence-corrected chi connectivity index (χ3v) is 2.93. The summed E-state index contributed by atoms with van der Waals surface area (Å²) in [6, 6.07) is 10.3. The van der Waals surface area contributed by atoms with Crippen LogP contribution >= 0.6 is 0 Å². The van der Waals surface area contributed by atoms with E-state index in [1.54, 1.807) is 6.07 Å². The molecule has 0 heterocycles. The monoisotopic (exact) mass is 271 g/mol. The number of amides is 1. The summed E-state index contributed by atoms with van der Waals surface area (Å²) in [5.74, 6) is 0.0763. The van der Waals surface area contributed by atoms with Crippen LogP contribution in [-0.2, 0) is 0 Å². The number of ether oxygens (including phenoxy) is 1. The van der Waals surface area contributed by atoms with Gasteiger partial charge in [0.1, 0.15) is 11.5 Å². The molecule has 2 aromatic carbocycles. The van der Waals surface area contributed by atoms with Crippen LogP contribution in [0, 0.1) is 13.8 Å². The second kappa shape index (κ2) is 5.65. The number of hydrogen-bond donors (Lipinski definition) is 2. The molecule has 0 saturated carbocycles. The second-order valence-corrected chi connectivity index (χ2v) is 4.71. The van der Waals surface area contributed by atoms with Crippen molar-refractivity contribution in [2.45, 2.75) is 13.8 Å². The number of anilines is 1. The maximum absolute atomic E-state index is 12.2. The summed E-state index contributed by atoms with van der Waals surface area (Å²) in [6.07, 6.45) is 0. The fourth-order valence-corrected chi connectivity index (χ4v) is 2.07. The molecule has 2 aromatic rings. The second-order valence-electron chi connectivity index (χ2n) is 4.71. The number of aromatic hydroxyl groups is 1. The first kappa shape index (κ1) is 13.9. The molecule has 20 heavy (non-hydrogen) atoms. The Kier molecular flexibility index (Phi) is 3.94. The van der Waals surface area contributed by atoms with Crippen LogP contribution < -0.4 is 10.1 Å². The zero-order chi connectivity index (χ0) is 14.7. The van der Waals surface area contributed by atoms with E-state index in [1.165, 1.54) is 19.2 Å². The van der Waals surface area contributed by atoms with Gasteiger partial charge >= 0.3 is 0 Å². The topological polar surface area (TPSA) is 58.6 Å². The number of carbonyl (C=O) groups is 1. The molecule has 0 spiro atoms. The van der Waals surface area contributed by atoms with E-state index in [9.17, 15) is 9.90 Å². The van der Waals surface area contributed by atoms with Gasteiger partial charge < -0.3 is 15.2 Å². The van der Waals surface area contributed by atoms with Crippen LogP contribution in [0.25, 0.3) is 0 Å². The van der Waals surface area contributed by atoms with Gasteiger partial charge in [0, 0.05) is 5.69 Å². The summed E-state index contributed by atoms with van der Waals surface area (Å²) in [4.78, 5) is 12.2. The number of aryl methyl sites for hydroxylation is 2. The van der Waals surface area contributed by atoms with Gasteiger partial charge in [0.05, 0.1) is 12.7 Å². The van der Waals surface area contributed by atoms with Crippen LogP contribution in [-0.4, -0.2) is 18.1 Å². The first-order valence-electron chi connectivity index (χ1n) is 6.26. The number of rotatable bonds is 3. The standard InChI is InChI=1S/C16H17NO3/c1-10-6-11(2)8-12(7-10)17-16(19)14-9-13(20-3)4-5-15(14)18/h4-9,18H,1-3H3,(H,17,19). The van der Waals surface area contributed by atoms with E-state index in [4.69, 9.17) is 4.74 Å². The van der Waals surface area contributed by atoms with E-state index in [-0.39, 0.29) is 17.2 Å². The van der Waals surface area contributed by atoms with Crippen molar-refractivity contribution in [3.8, 4) is 11.5 Å². The summed E-state index contributed by atoms with van der Waals surface area (Å²) < 4.78 is 5.06. The highest BCUT2D eigenvalue weighted by Gasteiger charge is 2.13. The number of carbonyl (C=O) groups excluding carboxylic acids is 1. The van der Waals surface area contributed by atoms with Crippen molar-refractivity contribution in [3.05, 3.63) is 53.1 Å². The predicted octanol–water partition coefficient (Wildman–Crippen LogP) is 3.27. The van der Waals surface area contributed by atoms with Gasteiger partial charge in [-0.15, -0.1) is 0 Å². The lowest BCUT2D eigenvalue weighted by atomic mass is 10.1. The van der Waals surface area contributed by atoms with Crippen molar-refractivity contribution in [1.29, 1.82) is 0 Å². The van der Waals surface area contributed by atoms with E-state index < -0.39 is 0 Å². The SMILES string of the molecule is COc1ccc(O)c(C(=O)Nc2cc(C)cc(C)c2)c1. The Bertz CT molecular complexity index is 630. The summed E-state index contributed by atoms with van der Waals surface area (Å²) in [6.45, 7) is 3.93. The molecule has 0 atom stereocenters. The average molecular weight is 271 g/mol. The third kappa shape index (κ3) is 3.09. The van der Waals surface area contributed by atoms with Crippen LogP contribution in [0.2, 0.25) is 0 Å². The molecule has 0 radical (unpaired) electrons. The number of phenolic OH excluding ortho intramolecular Hbond substituents is 1. The van der Waals surface area contributed by atoms with Gasteiger partial charge in [-0.2, -0.15) is 0 Å². The van der Waals surface area contributed by atoms with Gasteiger partial charge in [-0.05, 0) is 55.3 Å². The smallest absolute Gasteiger partial charge is 0.259 e. The van der Waals surface area contributed by atoms with E-state index in [2.05, 4.69) is 5.32 Å². The lowest BCUT2D eigenvalue weighted by molar-refractivity contribution is 0.102. The fourth-order valence-electron chi connectivity index (χ4n) is 2.07. The summed E-state index contributed by atoms with van der Waals surface area (Å²) in [7, 11) is 1.51. The lowest BCUT2D eigenvalue weighted by Crippen LogP contribution is -2.12. The Labute approximate surface area is 118 Å². The molecular weight excluding hydrogens is 254 g/mol. The Balaban J connectivity index is 2.27. The zero-order valence-electron chi connectivity index (χ0n) is 11.7. The van der Waals surface area contributed by atoms with Crippen LogP contribution in [0.1, 0.15) is 21.5 Å². The van der Waals surface area contributed by atoms with Crippen LogP contribution in [0.3, 0.4) is 0 Å². The first-order chi connectivity index (χ1) is 9.49. The molecule has 0 bridgehead atoms. The molecule has 1 amide bonds. The van der Waals surface area contributed by atoms with Gasteiger partial charge in [0.15, 0.2) is 0 Å². The van der Waals surface area contributed by atoms with E-state index in [0.717, 1.165) is 11.1 Å². The summed E-state index contributed by atoms with van der Waals surface area (Å²) in [5.41, 5.74) is 3.02. The van der Waals surface area contributed by atoms with Gasteiger partial charge in [0.2, 0.25) is 0 Å². The molecule has 4 nitrogen and oxygen atoms in total. The molecule has 2 rings (SSSR count). The molecule has 0 aliphatic heterocycles. The molecule has 0 unspecified atom stereocenters. The normalized spacial score (nSPS) is 10.2. The summed E-state index contributed by atoms with van der Waals surface area (Å²) in [5, 5.41) is 12.5. The minimum atomic E-state index is -0.369. The van der Waals surface area contributed by atoms with Crippen molar-refractivity contribution in [2.75, 3.05) is 12.4 Å². The maximum atomic E-state index is 12.2. The van der Waals surface area contributed by atoms with Crippen molar-refractivity contribution >= 4 is 11.6 Å². The quantitative estimate of drug-likeness (QED) is 0.900. The Morgan fingerprint density at radius 3 is 2.35 bits per heavy atom. The third-order valence-electron chi connectivity index (χ3n) is 2.93. The van der Waals surface area contributed by atoms with Crippen molar-refractivity contribution in [2.24, 2.45) is 0 Å². The van der Waals surface area contributed by atoms with E-state index >= 15 is 0 Å². The van der Waals surface area contributed by atoms with E-state index in [1.807, 2.05) is 32.0 Å². The van der Waals surface area contributed by atoms with Gasteiger partial charge in [-0.25, -0.2) is 0 Å². The lowest BCUT2D eigenvalue weighted by Gasteiger charge is -2.10. The molecule has 0 aliphatic carbocycles. The Morgan fingerprint density at radius 2 is 1.75 bits per heavy atom. The summed E-state index contributed by atoms with van der Waals surface area (Å²) >= 11 is 0. The zero-order valence-corrected chi connectivity index (χ0v) is 11.7. The maximum Gasteiger partial charge on any atom is 0.259 e. The van der Waals surface area contributed by atoms with Gasteiger partial charge in [-0.1, -0.05) is 6.07 Å². The van der Waals surface area contributed by atoms with Gasteiger partial charge in [0.25, 0.3) is 5.91 Å². The van der Waals surface area contributed by atoms with Crippen LogP contribution in [0.5, 0.6) is 11.5 Å². The van der Waals surface area contributed by atoms with Crippen LogP contribution in [0.15, 0.2) is 36.4 Å². The van der Waals surface area contributed by atoms with Crippen molar-refractivity contribution < 1.29 is 14.6 Å². The average Bonchev–Trinajstić information content (AvgIpc) is 2.37. The van der Waals surface area contributed by atoms with Crippen molar-refractivity contribution in [3.63, 3.8) is 0 Å². The Hall–Kier alpha value is -2.49. The number of hydrogen-bond acceptors (Lipinski definition) is 3. The Morgan fingerprint density at radius 1 is 1.10 bits per heavy atom. The van der Waals surface area contributed by atoms with Crippen LogP contribution in [0.4, 0.5) is 5.69 Å². The number of benzene rings is 2. The fraction of sp³-hybridized carbons (Fsp3) is 0.188. The number of phenols is 1. The highest BCUT2D eigenvalue weighted by atomic mass is 16.5. The molecule has 4 heteroatoms. The molecule has 2 N–H and O–H groups in total. The highest BCUT2D eigenvalue weighted by Crippen LogP contribution is 2.24. The largest absolute Gasteiger partial charge is 0.507 e. The molecule has 0 aromatic heterocycles. The molecule has 104 valence electrons. The minimum Gasteiger partial charge on any atom is -0.507 e. The molecule has 0 saturated heterocycles. The predicted molar refractivity (Wildman–Crippen MR) is 78.5 cm³/mol. The van der Waals surface area contributed by atoms with Gasteiger partial charge in [-0.3, -0.25) is 4.79 Å². The highest BCUT2D eigenvalue weighted by molar-refractivity contribution is 6.06. The molecule has 0 aliphatic rings. The molecular formula is C16H17NO3. The van der Waals surface area contributed by atoms with E-state index in [0.29, 0.717) is 11.4 Å².